The molecule has 2 aliphatic carbocycles. The van der Waals surface area contributed by atoms with Crippen LogP contribution < -0.4 is 5.32 Å². The maximum Gasteiger partial charge on any atom is 0.225 e. The lowest BCUT2D eigenvalue weighted by Crippen LogP contribution is -2.41. The van der Waals surface area contributed by atoms with Gasteiger partial charge in [-0.2, -0.15) is 0 Å². The lowest BCUT2D eigenvalue weighted by atomic mass is 9.94. The third-order valence-electron chi connectivity index (χ3n) is 5.75. The normalized spacial score (nSPS) is 28.6. The van der Waals surface area contributed by atoms with Gasteiger partial charge in [0.15, 0.2) is 0 Å². The number of nitrogens with zero attached hydrogens (tertiary/aromatic N) is 1. The first-order chi connectivity index (χ1) is 10.7. The van der Waals surface area contributed by atoms with Crippen LogP contribution in [0.2, 0.25) is 0 Å². The van der Waals surface area contributed by atoms with Crippen LogP contribution in [0.15, 0.2) is 0 Å². The van der Waals surface area contributed by atoms with Crippen molar-refractivity contribution in [1.29, 1.82) is 0 Å². The van der Waals surface area contributed by atoms with E-state index in [1.807, 2.05) is 4.90 Å². The molecule has 0 aromatic heterocycles. The molecule has 3 rings (SSSR count). The van der Waals surface area contributed by atoms with E-state index in [1.54, 1.807) is 0 Å². The Bertz CT molecular complexity index is 396. The zero-order chi connectivity index (χ0) is 15.4. The molecule has 124 valence electrons. The Labute approximate surface area is 134 Å². The largest absolute Gasteiger partial charge is 0.353 e. The predicted octanol–water partition coefficient (Wildman–Crippen LogP) is 3.01. The van der Waals surface area contributed by atoms with Gasteiger partial charge in [0.05, 0.1) is 5.92 Å². The minimum Gasteiger partial charge on any atom is -0.353 e. The van der Waals surface area contributed by atoms with E-state index in [1.165, 1.54) is 44.9 Å². The SMILES string of the molecule is O=C(NC1CCCCCC1)C1CC(=O)N(C2CCCCC2)C1. The summed E-state index contributed by atoms with van der Waals surface area (Å²) in [5.74, 6) is 0.212. The van der Waals surface area contributed by atoms with Crippen molar-refractivity contribution >= 4 is 11.8 Å². The Balaban J connectivity index is 1.51. The van der Waals surface area contributed by atoms with Gasteiger partial charge in [0, 0.05) is 25.0 Å². The Morgan fingerprint density at radius 1 is 0.909 bits per heavy atom. The van der Waals surface area contributed by atoms with Crippen LogP contribution in [0.1, 0.15) is 77.0 Å². The summed E-state index contributed by atoms with van der Waals surface area (Å²) in [6.45, 7) is 0.655. The highest BCUT2D eigenvalue weighted by Gasteiger charge is 2.38. The van der Waals surface area contributed by atoms with E-state index in [0.717, 1.165) is 25.7 Å². The number of nitrogens with one attached hydrogen (secondary N) is 1. The van der Waals surface area contributed by atoms with Crippen LogP contribution in [0, 0.1) is 5.92 Å². The molecule has 1 atom stereocenters. The molecular weight excluding hydrogens is 276 g/mol. The molecule has 3 fully saturated rings. The second-order valence-electron chi connectivity index (χ2n) is 7.44. The molecule has 0 radical (unpaired) electrons. The highest BCUT2D eigenvalue weighted by atomic mass is 16.2. The van der Waals surface area contributed by atoms with Crippen LogP contribution in [0.25, 0.3) is 0 Å². The van der Waals surface area contributed by atoms with Gasteiger partial charge in [-0.1, -0.05) is 44.9 Å². The lowest BCUT2D eigenvalue weighted by Gasteiger charge is -2.31. The molecule has 4 nitrogen and oxygen atoms in total. The summed E-state index contributed by atoms with van der Waals surface area (Å²) in [6, 6.07) is 0.741. The fourth-order valence-corrected chi connectivity index (χ4v) is 4.40. The zero-order valence-electron chi connectivity index (χ0n) is 13.7. The van der Waals surface area contributed by atoms with Crippen LogP contribution in [-0.4, -0.2) is 35.3 Å². The minimum atomic E-state index is -0.113. The quantitative estimate of drug-likeness (QED) is 0.815. The summed E-state index contributed by atoms with van der Waals surface area (Å²) in [5.41, 5.74) is 0. The van der Waals surface area contributed by atoms with Crippen molar-refractivity contribution in [2.24, 2.45) is 5.92 Å². The summed E-state index contributed by atoms with van der Waals surface area (Å²) < 4.78 is 0. The molecule has 0 spiro atoms. The number of hydrogen-bond acceptors (Lipinski definition) is 2. The van der Waals surface area contributed by atoms with Crippen molar-refractivity contribution in [3.63, 3.8) is 0 Å². The van der Waals surface area contributed by atoms with E-state index >= 15 is 0 Å². The zero-order valence-corrected chi connectivity index (χ0v) is 13.7. The fraction of sp³-hybridized carbons (Fsp3) is 0.889. The van der Waals surface area contributed by atoms with E-state index in [9.17, 15) is 9.59 Å². The Morgan fingerprint density at radius 3 is 2.18 bits per heavy atom. The number of carbonyl (C=O) groups excluding carboxylic acids is 2. The first kappa shape index (κ1) is 15.8. The van der Waals surface area contributed by atoms with Crippen molar-refractivity contribution < 1.29 is 9.59 Å². The molecule has 1 saturated heterocycles. The molecule has 1 N–H and O–H groups in total. The maximum absolute atomic E-state index is 12.5. The number of rotatable bonds is 3. The second-order valence-corrected chi connectivity index (χ2v) is 7.44. The first-order valence-electron chi connectivity index (χ1n) is 9.34. The molecule has 1 heterocycles. The fourth-order valence-electron chi connectivity index (χ4n) is 4.40. The summed E-state index contributed by atoms with van der Waals surface area (Å²) in [5, 5.41) is 3.23. The summed E-state index contributed by atoms with van der Waals surface area (Å²) in [4.78, 5) is 26.8. The molecular formula is C18H30N2O2. The van der Waals surface area contributed by atoms with Gasteiger partial charge in [-0.25, -0.2) is 0 Å². The molecule has 0 aromatic rings. The number of likely N-dealkylation sites (tertiary alicyclic amines) is 1. The van der Waals surface area contributed by atoms with Gasteiger partial charge in [0.1, 0.15) is 0 Å². The second kappa shape index (κ2) is 7.47. The molecule has 4 heteroatoms. The minimum absolute atomic E-state index is 0.113. The van der Waals surface area contributed by atoms with Gasteiger partial charge in [-0.3, -0.25) is 9.59 Å². The lowest BCUT2D eigenvalue weighted by molar-refractivity contribution is -0.130. The molecule has 2 saturated carbocycles. The van der Waals surface area contributed by atoms with E-state index in [4.69, 9.17) is 0 Å². The number of amides is 2. The topological polar surface area (TPSA) is 49.4 Å². The Morgan fingerprint density at radius 2 is 1.50 bits per heavy atom. The Hall–Kier alpha value is -1.06. The van der Waals surface area contributed by atoms with Crippen molar-refractivity contribution in [3.8, 4) is 0 Å². The van der Waals surface area contributed by atoms with Gasteiger partial charge in [-0.05, 0) is 25.7 Å². The van der Waals surface area contributed by atoms with Crippen LogP contribution >= 0.6 is 0 Å². The van der Waals surface area contributed by atoms with E-state index in [-0.39, 0.29) is 17.7 Å². The standard InChI is InChI=1S/C18H30N2O2/c21-17-12-14(13-20(17)16-10-6-3-7-11-16)18(22)19-15-8-4-1-2-5-9-15/h14-16H,1-13H2,(H,19,22). The summed E-state index contributed by atoms with van der Waals surface area (Å²) in [7, 11) is 0. The average Bonchev–Trinajstić information content (AvgIpc) is 2.75. The third kappa shape index (κ3) is 3.82. The van der Waals surface area contributed by atoms with Crippen LogP contribution in [0.5, 0.6) is 0 Å². The monoisotopic (exact) mass is 306 g/mol. The Kier molecular flexibility index (Phi) is 5.37. The molecule has 22 heavy (non-hydrogen) atoms. The number of hydrogen-bond donors (Lipinski definition) is 1. The van der Waals surface area contributed by atoms with Gasteiger partial charge in [0.2, 0.25) is 11.8 Å². The van der Waals surface area contributed by atoms with E-state index < -0.39 is 0 Å². The van der Waals surface area contributed by atoms with Gasteiger partial charge in [-0.15, -0.1) is 0 Å². The summed E-state index contributed by atoms with van der Waals surface area (Å²) >= 11 is 0. The van der Waals surface area contributed by atoms with Crippen molar-refractivity contribution in [3.05, 3.63) is 0 Å². The van der Waals surface area contributed by atoms with E-state index in [2.05, 4.69) is 5.32 Å². The molecule has 2 amide bonds. The highest BCUT2D eigenvalue weighted by molar-refractivity contribution is 5.89. The van der Waals surface area contributed by atoms with Crippen molar-refractivity contribution in [2.75, 3.05) is 6.54 Å². The van der Waals surface area contributed by atoms with Gasteiger partial charge >= 0.3 is 0 Å². The number of carbonyl (C=O) groups is 2. The average molecular weight is 306 g/mol. The molecule has 1 unspecified atom stereocenters. The molecule has 0 bridgehead atoms. The molecule has 0 aromatic carbocycles. The maximum atomic E-state index is 12.5. The van der Waals surface area contributed by atoms with Crippen LogP contribution in [-0.2, 0) is 9.59 Å². The smallest absolute Gasteiger partial charge is 0.225 e. The van der Waals surface area contributed by atoms with Gasteiger partial charge in [0.25, 0.3) is 0 Å². The third-order valence-corrected chi connectivity index (χ3v) is 5.75. The predicted molar refractivity (Wildman–Crippen MR) is 86.3 cm³/mol. The van der Waals surface area contributed by atoms with Crippen LogP contribution in [0.3, 0.4) is 0 Å². The van der Waals surface area contributed by atoms with Crippen molar-refractivity contribution in [1.82, 2.24) is 10.2 Å². The highest BCUT2D eigenvalue weighted by Crippen LogP contribution is 2.29. The van der Waals surface area contributed by atoms with Crippen molar-refractivity contribution in [2.45, 2.75) is 89.1 Å². The first-order valence-corrected chi connectivity index (χ1v) is 9.34. The summed E-state index contributed by atoms with van der Waals surface area (Å²) in [6.07, 6.45) is 13.7. The van der Waals surface area contributed by atoms with E-state index in [0.29, 0.717) is 25.0 Å². The van der Waals surface area contributed by atoms with Crippen LogP contribution in [0.4, 0.5) is 0 Å². The molecule has 3 aliphatic rings. The molecule has 1 aliphatic heterocycles. The van der Waals surface area contributed by atoms with Gasteiger partial charge < -0.3 is 10.2 Å².